The molecule has 0 saturated heterocycles. The highest BCUT2D eigenvalue weighted by Gasteiger charge is 2.05. The average Bonchev–Trinajstić information content (AvgIpc) is 2.47. The molecule has 0 spiro atoms. The molecule has 1 N–H and O–H groups in total. The topological polar surface area (TPSA) is 47.0 Å². The van der Waals surface area contributed by atoms with Crippen LogP contribution in [0.2, 0.25) is 0 Å². The Morgan fingerprint density at radius 3 is 2.42 bits per heavy atom. The third-order valence-corrected chi connectivity index (χ3v) is 2.83. The zero-order valence-corrected chi connectivity index (χ0v) is 11.6. The zero-order valence-electron chi connectivity index (χ0n) is 11.6. The summed E-state index contributed by atoms with van der Waals surface area (Å²) in [6.07, 6.45) is 0.822. The van der Waals surface area contributed by atoms with E-state index in [9.17, 15) is 0 Å². The summed E-state index contributed by atoms with van der Waals surface area (Å²) in [5, 5.41) is 3.24. The van der Waals surface area contributed by atoms with Gasteiger partial charge >= 0.3 is 0 Å². The van der Waals surface area contributed by atoms with Gasteiger partial charge in [0.25, 0.3) is 0 Å². The molecule has 0 aliphatic heterocycles. The molecule has 4 heteroatoms. The first kappa shape index (κ1) is 13.3. The van der Waals surface area contributed by atoms with E-state index in [0.717, 1.165) is 41.6 Å². The number of aromatic nitrogens is 2. The number of ether oxygens (including phenoxy) is 1. The second-order valence-corrected chi connectivity index (χ2v) is 4.17. The minimum atomic E-state index is 0.822. The van der Waals surface area contributed by atoms with E-state index in [1.807, 2.05) is 30.3 Å². The summed E-state index contributed by atoms with van der Waals surface area (Å²) in [5.74, 6) is 2.57. The number of nitrogens with one attached hydrogen (secondary N) is 1. The molecule has 1 aromatic carbocycles. The Labute approximate surface area is 113 Å². The van der Waals surface area contributed by atoms with Crippen LogP contribution >= 0.6 is 0 Å². The Morgan fingerprint density at radius 2 is 1.84 bits per heavy atom. The Hall–Kier alpha value is -2.10. The van der Waals surface area contributed by atoms with Crippen LogP contribution in [0.3, 0.4) is 0 Å². The zero-order chi connectivity index (χ0) is 13.7. The highest BCUT2D eigenvalue weighted by atomic mass is 16.5. The van der Waals surface area contributed by atoms with Crippen LogP contribution in [0.1, 0.15) is 19.7 Å². The molecule has 0 aliphatic rings. The van der Waals surface area contributed by atoms with Crippen LogP contribution in [-0.2, 0) is 6.42 Å². The lowest BCUT2D eigenvalue weighted by atomic mass is 10.1. The van der Waals surface area contributed by atoms with Gasteiger partial charge in [0.1, 0.15) is 17.4 Å². The normalized spacial score (nSPS) is 10.3. The Bertz CT molecular complexity index is 538. The van der Waals surface area contributed by atoms with Crippen molar-refractivity contribution >= 4 is 5.82 Å². The van der Waals surface area contributed by atoms with Gasteiger partial charge in [-0.05, 0) is 31.2 Å². The number of benzene rings is 1. The second-order valence-electron chi connectivity index (χ2n) is 4.17. The van der Waals surface area contributed by atoms with Gasteiger partial charge in [-0.1, -0.05) is 6.92 Å². The minimum Gasteiger partial charge on any atom is -0.497 e. The van der Waals surface area contributed by atoms with Crippen LogP contribution in [0.25, 0.3) is 11.3 Å². The average molecular weight is 257 g/mol. The lowest BCUT2D eigenvalue weighted by Gasteiger charge is -2.08. The molecule has 1 heterocycles. The van der Waals surface area contributed by atoms with Crippen molar-refractivity contribution in [3.63, 3.8) is 0 Å². The Balaban J connectivity index is 2.38. The molecule has 0 unspecified atom stereocenters. The Morgan fingerprint density at radius 1 is 1.11 bits per heavy atom. The molecule has 0 amide bonds. The molecule has 0 aliphatic carbocycles. The SMILES string of the molecule is CCNc1cc(-c2ccc(OC)cc2)nc(CC)n1. The maximum Gasteiger partial charge on any atom is 0.131 e. The first-order chi connectivity index (χ1) is 9.26. The van der Waals surface area contributed by atoms with Crippen LogP contribution in [0.15, 0.2) is 30.3 Å². The third-order valence-electron chi connectivity index (χ3n) is 2.83. The summed E-state index contributed by atoms with van der Waals surface area (Å²) in [6, 6.07) is 9.88. The Kier molecular flexibility index (Phi) is 4.34. The smallest absolute Gasteiger partial charge is 0.131 e. The van der Waals surface area contributed by atoms with E-state index >= 15 is 0 Å². The van der Waals surface area contributed by atoms with Crippen molar-refractivity contribution in [1.82, 2.24) is 9.97 Å². The standard InChI is InChI=1S/C15H19N3O/c1-4-14-17-13(10-15(18-14)16-5-2)11-6-8-12(19-3)9-7-11/h6-10H,4-5H2,1-3H3,(H,16,17,18). The van der Waals surface area contributed by atoms with Crippen LogP contribution < -0.4 is 10.1 Å². The summed E-state index contributed by atoms with van der Waals surface area (Å²) < 4.78 is 5.17. The predicted molar refractivity (Wildman–Crippen MR) is 77.6 cm³/mol. The van der Waals surface area contributed by atoms with E-state index in [-0.39, 0.29) is 0 Å². The maximum absolute atomic E-state index is 5.17. The van der Waals surface area contributed by atoms with Gasteiger partial charge in [-0.2, -0.15) is 0 Å². The highest BCUT2D eigenvalue weighted by molar-refractivity contribution is 5.63. The number of hydrogen-bond donors (Lipinski definition) is 1. The fraction of sp³-hybridized carbons (Fsp3) is 0.333. The largest absolute Gasteiger partial charge is 0.497 e. The molecule has 0 saturated carbocycles. The van der Waals surface area contributed by atoms with E-state index in [1.165, 1.54) is 0 Å². The van der Waals surface area contributed by atoms with Crippen molar-refractivity contribution in [1.29, 1.82) is 0 Å². The minimum absolute atomic E-state index is 0.822. The number of rotatable bonds is 5. The molecule has 2 aromatic rings. The number of nitrogens with zero attached hydrogens (tertiary/aromatic N) is 2. The van der Waals surface area contributed by atoms with Crippen molar-refractivity contribution in [3.8, 4) is 17.0 Å². The van der Waals surface area contributed by atoms with E-state index in [0.29, 0.717) is 0 Å². The number of hydrogen-bond acceptors (Lipinski definition) is 4. The van der Waals surface area contributed by atoms with E-state index in [1.54, 1.807) is 7.11 Å². The quantitative estimate of drug-likeness (QED) is 0.893. The van der Waals surface area contributed by atoms with E-state index in [4.69, 9.17) is 4.74 Å². The lowest BCUT2D eigenvalue weighted by Crippen LogP contribution is -2.04. The molecule has 0 bridgehead atoms. The van der Waals surface area contributed by atoms with Crippen molar-refractivity contribution in [3.05, 3.63) is 36.2 Å². The summed E-state index contributed by atoms with van der Waals surface area (Å²) >= 11 is 0. The number of aryl methyl sites for hydroxylation is 1. The first-order valence-corrected chi connectivity index (χ1v) is 6.53. The molecule has 0 fully saturated rings. The summed E-state index contributed by atoms with van der Waals surface area (Å²) in [6.45, 7) is 4.96. The van der Waals surface area contributed by atoms with E-state index < -0.39 is 0 Å². The number of anilines is 1. The molecular weight excluding hydrogens is 238 g/mol. The summed E-state index contributed by atoms with van der Waals surface area (Å²) in [7, 11) is 1.66. The van der Waals surface area contributed by atoms with Gasteiger partial charge in [0, 0.05) is 24.6 Å². The van der Waals surface area contributed by atoms with Crippen LogP contribution in [0.4, 0.5) is 5.82 Å². The predicted octanol–water partition coefficient (Wildman–Crippen LogP) is 3.15. The van der Waals surface area contributed by atoms with Crippen molar-refractivity contribution < 1.29 is 4.74 Å². The van der Waals surface area contributed by atoms with Gasteiger partial charge < -0.3 is 10.1 Å². The summed E-state index contributed by atoms with van der Waals surface area (Å²) in [4.78, 5) is 9.02. The molecule has 4 nitrogen and oxygen atoms in total. The second kappa shape index (κ2) is 6.18. The van der Waals surface area contributed by atoms with Gasteiger partial charge in [-0.15, -0.1) is 0 Å². The van der Waals surface area contributed by atoms with Gasteiger partial charge in [0.15, 0.2) is 0 Å². The molecule has 2 rings (SSSR count). The molecule has 100 valence electrons. The fourth-order valence-corrected chi connectivity index (χ4v) is 1.84. The number of methoxy groups -OCH3 is 1. The monoisotopic (exact) mass is 257 g/mol. The lowest BCUT2D eigenvalue weighted by molar-refractivity contribution is 0.415. The third kappa shape index (κ3) is 3.22. The van der Waals surface area contributed by atoms with Crippen LogP contribution in [-0.4, -0.2) is 23.6 Å². The van der Waals surface area contributed by atoms with Gasteiger partial charge in [-0.3, -0.25) is 0 Å². The van der Waals surface area contributed by atoms with Crippen LogP contribution in [0.5, 0.6) is 5.75 Å². The molecule has 19 heavy (non-hydrogen) atoms. The molecular formula is C15H19N3O. The summed E-state index contributed by atoms with van der Waals surface area (Å²) in [5.41, 5.74) is 2.00. The molecule has 1 aromatic heterocycles. The van der Waals surface area contributed by atoms with Crippen molar-refractivity contribution in [2.24, 2.45) is 0 Å². The van der Waals surface area contributed by atoms with Crippen molar-refractivity contribution in [2.75, 3.05) is 19.0 Å². The van der Waals surface area contributed by atoms with Gasteiger partial charge in [0.2, 0.25) is 0 Å². The molecule has 0 atom stereocenters. The van der Waals surface area contributed by atoms with Crippen molar-refractivity contribution in [2.45, 2.75) is 20.3 Å². The van der Waals surface area contributed by atoms with E-state index in [2.05, 4.69) is 29.1 Å². The van der Waals surface area contributed by atoms with Gasteiger partial charge in [-0.25, -0.2) is 9.97 Å². The molecule has 0 radical (unpaired) electrons. The van der Waals surface area contributed by atoms with Gasteiger partial charge in [0.05, 0.1) is 12.8 Å². The van der Waals surface area contributed by atoms with Crippen LogP contribution in [0, 0.1) is 0 Å². The fourth-order valence-electron chi connectivity index (χ4n) is 1.84. The maximum atomic E-state index is 5.17. The first-order valence-electron chi connectivity index (χ1n) is 6.53. The highest BCUT2D eigenvalue weighted by Crippen LogP contribution is 2.22.